The van der Waals surface area contributed by atoms with Gasteiger partial charge in [-0.1, -0.05) is 12.1 Å². The molecule has 1 aromatic carbocycles. The summed E-state index contributed by atoms with van der Waals surface area (Å²) in [6.45, 7) is 7.16. The second-order valence-electron chi connectivity index (χ2n) is 3.87. The molecule has 1 rings (SSSR count). The van der Waals surface area contributed by atoms with Crippen LogP contribution in [0.25, 0.3) is 0 Å². The predicted molar refractivity (Wildman–Crippen MR) is 63.7 cm³/mol. The van der Waals surface area contributed by atoms with Gasteiger partial charge in [-0.2, -0.15) is 0 Å². The van der Waals surface area contributed by atoms with Crippen LogP contribution in [0.2, 0.25) is 0 Å². The molecule has 0 aliphatic rings. The average molecular weight is 224 g/mol. The van der Waals surface area contributed by atoms with E-state index in [-0.39, 0.29) is 0 Å². The van der Waals surface area contributed by atoms with E-state index >= 15 is 0 Å². The minimum absolute atomic E-state index is 0.303. The van der Waals surface area contributed by atoms with Crippen molar-refractivity contribution in [2.75, 3.05) is 19.8 Å². The Morgan fingerprint density at radius 2 is 1.75 bits per heavy atom. The molecule has 1 atom stereocenters. The molecule has 90 valence electrons. The summed E-state index contributed by atoms with van der Waals surface area (Å²) in [6.07, 6.45) is 0. The minimum atomic E-state index is -0.944. The molecule has 0 fully saturated rings. The van der Waals surface area contributed by atoms with Crippen molar-refractivity contribution in [3.63, 3.8) is 0 Å². The standard InChI is InChI=1S/C13H20O3/c1-4-15-10-13(3,14)11-6-8-12(9-7-11)16-5-2/h6-9,14H,4-5,10H2,1-3H3. The lowest BCUT2D eigenvalue weighted by molar-refractivity contribution is -0.0343. The fraction of sp³-hybridized carbons (Fsp3) is 0.538. The van der Waals surface area contributed by atoms with Gasteiger partial charge in [0.2, 0.25) is 0 Å². The van der Waals surface area contributed by atoms with Crippen molar-refractivity contribution >= 4 is 0 Å². The Bertz CT molecular complexity index is 303. The summed E-state index contributed by atoms with van der Waals surface area (Å²) in [5, 5.41) is 10.2. The largest absolute Gasteiger partial charge is 0.494 e. The summed E-state index contributed by atoms with van der Waals surface area (Å²) in [4.78, 5) is 0. The lowest BCUT2D eigenvalue weighted by Gasteiger charge is -2.23. The van der Waals surface area contributed by atoms with E-state index in [1.54, 1.807) is 6.92 Å². The quantitative estimate of drug-likeness (QED) is 0.806. The van der Waals surface area contributed by atoms with Gasteiger partial charge in [0, 0.05) is 6.61 Å². The highest BCUT2D eigenvalue weighted by Crippen LogP contribution is 2.23. The molecule has 0 radical (unpaired) electrons. The molecule has 0 aromatic heterocycles. The smallest absolute Gasteiger partial charge is 0.119 e. The van der Waals surface area contributed by atoms with Gasteiger partial charge in [0.05, 0.1) is 13.2 Å². The number of ether oxygens (including phenoxy) is 2. The summed E-state index contributed by atoms with van der Waals surface area (Å²) in [6, 6.07) is 7.45. The van der Waals surface area contributed by atoms with Crippen LogP contribution in [0.4, 0.5) is 0 Å². The van der Waals surface area contributed by atoms with Gasteiger partial charge < -0.3 is 14.6 Å². The molecule has 1 aromatic rings. The van der Waals surface area contributed by atoms with Crippen molar-refractivity contribution in [2.45, 2.75) is 26.4 Å². The Labute approximate surface area is 97.0 Å². The predicted octanol–water partition coefficient (Wildman–Crippen LogP) is 2.33. The molecular formula is C13H20O3. The number of hydrogen-bond donors (Lipinski definition) is 1. The van der Waals surface area contributed by atoms with Crippen molar-refractivity contribution in [1.29, 1.82) is 0 Å². The van der Waals surface area contributed by atoms with Gasteiger partial charge in [0.1, 0.15) is 11.4 Å². The summed E-state index contributed by atoms with van der Waals surface area (Å²) in [7, 11) is 0. The van der Waals surface area contributed by atoms with Gasteiger partial charge in [0.25, 0.3) is 0 Å². The summed E-state index contributed by atoms with van der Waals surface area (Å²) < 4.78 is 10.6. The van der Waals surface area contributed by atoms with Crippen LogP contribution in [0, 0.1) is 0 Å². The molecule has 0 saturated heterocycles. The Morgan fingerprint density at radius 1 is 1.12 bits per heavy atom. The maximum Gasteiger partial charge on any atom is 0.119 e. The lowest BCUT2D eigenvalue weighted by Crippen LogP contribution is -2.27. The molecule has 16 heavy (non-hydrogen) atoms. The zero-order valence-electron chi connectivity index (χ0n) is 10.2. The van der Waals surface area contributed by atoms with Gasteiger partial charge in [0.15, 0.2) is 0 Å². The van der Waals surface area contributed by atoms with Crippen LogP contribution in [-0.2, 0) is 10.3 Å². The molecule has 3 nitrogen and oxygen atoms in total. The number of hydrogen-bond acceptors (Lipinski definition) is 3. The van der Waals surface area contributed by atoms with Crippen LogP contribution >= 0.6 is 0 Å². The monoisotopic (exact) mass is 224 g/mol. The molecule has 0 heterocycles. The van der Waals surface area contributed by atoms with Gasteiger partial charge >= 0.3 is 0 Å². The van der Waals surface area contributed by atoms with E-state index in [4.69, 9.17) is 9.47 Å². The first-order valence-electron chi connectivity index (χ1n) is 5.63. The molecule has 1 N–H and O–H groups in total. The highest BCUT2D eigenvalue weighted by molar-refractivity contribution is 5.30. The van der Waals surface area contributed by atoms with Gasteiger partial charge in [-0.15, -0.1) is 0 Å². The van der Waals surface area contributed by atoms with Crippen molar-refractivity contribution in [3.8, 4) is 5.75 Å². The van der Waals surface area contributed by atoms with Crippen LogP contribution in [-0.4, -0.2) is 24.9 Å². The molecule has 0 aliphatic heterocycles. The maximum atomic E-state index is 10.2. The first kappa shape index (κ1) is 13.0. The van der Waals surface area contributed by atoms with E-state index in [1.165, 1.54) is 0 Å². The Morgan fingerprint density at radius 3 is 2.25 bits per heavy atom. The van der Waals surface area contributed by atoms with Gasteiger partial charge in [-0.25, -0.2) is 0 Å². The zero-order valence-corrected chi connectivity index (χ0v) is 10.2. The zero-order chi connectivity index (χ0) is 12.0. The first-order valence-corrected chi connectivity index (χ1v) is 5.63. The van der Waals surface area contributed by atoms with E-state index in [0.717, 1.165) is 11.3 Å². The SMILES string of the molecule is CCOCC(C)(O)c1ccc(OCC)cc1. The van der Waals surface area contributed by atoms with Gasteiger partial charge in [-0.05, 0) is 38.5 Å². The molecule has 3 heteroatoms. The summed E-state index contributed by atoms with van der Waals surface area (Å²) >= 11 is 0. The fourth-order valence-electron chi connectivity index (χ4n) is 1.46. The van der Waals surface area contributed by atoms with E-state index in [0.29, 0.717) is 19.8 Å². The molecule has 0 spiro atoms. The van der Waals surface area contributed by atoms with Crippen LogP contribution in [0.15, 0.2) is 24.3 Å². The Balaban J connectivity index is 2.71. The highest BCUT2D eigenvalue weighted by atomic mass is 16.5. The lowest BCUT2D eigenvalue weighted by atomic mass is 9.97. The van der Waals surface area contributed by atoms with Crippen LogP contribution in [0.3, 0.4) is 0 Å². The molecular weight excluding hydrogens is 204 g/mol. The topological polar surface area (TPSA) is 38.7 Å². The number of benzene rings is 1. The van der Waals surface area contributed by atoms with E-state index in [9.17, 15) is 5.11 Å². The van der Waals surface area contributed by atoms with Crippen LogP contribution < -0.4 is 4.74 Å². The molecule has 1 unspecified atom stereocenters. The Hall–Kier alpha value is -1.06. The highest BCUT2D eigenvalue weighted by Gasteiger charge is 2.22. The summed E-state index contributed by atoms with van der Waals surface area (Å²) in [5.74, 6) is 0.818. The van der Waals surface area contributed by atoms with E-state index < -0.39 is 5.60 Å². The molecule has 0 bridgehead atoms. The number of aliphatic hydroxyl groups is 1. The van der Waals surface area contributed by atoms with Crippen molar-refractivity contribution in [3.05, 3.63) is 29.8 Å². The third kappa shape index (κ3) is 3.51. The van der Waals surface area contributed by atoms with Crippen LogP contribution in [0.5, 0.6) is 5.75 Å². The first-order chi connectivity index (χ1) is 7.60. The summed E-state index contributed by atoms with van der Waals surface area (Å²) in [5.41, 5.74) is -0.106. The van der Waals surface area contributed by atoms with Crippen molar-refractivity contribution in [2.24, 2.45) is 0 Å². The third-order valence-electron chi connectivity index (χ3n) is 2.37. The Kier molecular flexibility index (Phi) is 4.77. The molecule has 0 aliphatic carbocycles. The molecule has 0 saturated carbocycles. The average Bonchev–Trinajstić information content (AvgIpc) is 2.28. The third-order valence-corrected chi connectivity index (χ3v) is 2.37. The second kappa shape index (κ2) is 5.87. The normalized spacial score (nSPS) is 14.5. The van der Waals surface area contributed by atoms with E-state index in [2.05, 4.69) is 0 Å². The minimum Gasteiger partial charge on any atom is -0.494 e. The van der Waals surface area contributed by atoms with Crippen LogP contribution in [0.1, 0.15) is 26.3 Å². The second-order valence-corrected chi connectivity index (χ2v) is 3.87. The molecule has 0 amide bonds. The number of rotatable bonds is 6. The van der Waals surface area contributed by atoms with Crippen molar-refractivity contribution < 1.29 is 14.6 Å². The maximum absolute atomic E-state index is 10.2. The van der Waals surface area contributed by atoms with Gasteiger partial charge in [-0.3, -0.25) is 0 Å². The van der Waals surface area contributed by atoms with E-state index in [1.807, 2.05) is 38.1 Å². The fourth-order valence-corrected chi connectivity index (χ4v) is 1.46. The van der Waals surface area contributed by atoms with Crippen molar-refractivity contribution in [1.82, 2.24) is 0 Å².